The number of methoxy groups -OCH3 is 1. The topological polar surface area (TPSA) is 56.5 Å². The zero-order chi connectivity index (χ0) is 12.8. The van der Waals surface area contributed by atoms with Crippen molar-refractivity contribution in [1.82, 2.24) is 0 Å². The molecule has 1 aliphatic carbocycles. The molecule has 0 aromatic heterocycles. The number of nitrogens with two attached hydrogens (primary N) is 1. The molecule has 0 aliphatic heterocycles. The van der Waals surface area contributed by atoms with Crippen molar-refractivity contribution in [2.75, 3.05) is 25.6 Å². The number of nitrogens with one attached hydrogen (secondary N) is 1. The van der Waals surface area contributed by atoms with E-state index >= 15 is 0 Å². The van der Waals surface area contributed by atoms with Crippen LogP contribution >= 0.6 is 0 Å². The Balaban J connectivity index is 1.77. The van der Waals surface area contributed by atoms with E-state index in [0.29, 0.717) is 31.9 Å². The van der Waals surface area contributed by atoms with Gasteiger partial charge in [0.2, 0.25) is 0 Å². The van der Waals surface area contributed by atoms with Crippen molar-refractivity contribution >= 4 is 5.69 Å². The van der Waals surface area contributed by atoms with E-state index in [1.165, 1.54) is 5.56 Å². The molecule has 0 unspecified atom stereocenters. The van der Waals surface area contributed by atoms with E-state index in [1.807, 2.05) is 0 Å². The lowest BCUT2D eigenvalue weighted by atomic mass is 9.87. The van der Waals surface area contributed by atoms with Crippen LogP contribution in [-0.2, 0) is 16.1 Å². The molecule has 0 saturated heterocycles. The van der Waals surface area contributed by atoms with E-state index in [1.54, 1.807) is 7.11 Å². The number of hydrogen-bond donors (Lipinski definition) is 2. The van der Waals surface area contributed by atoms with Gasteiger partial charge in [0.15, 0.2) is 0 Å². The highest BCUT2D eigenvalue weighted by Gasteiger charge is 2.25. The maximum atomic E-state index is 5.77. The minimum absolute atomic E-state index is 0.378. The molecule has 4 nitrogen and oxygen atoms in total. The first kappa shape index (κ1) is 13.3. The fourth-order valence-corrected chi connectivity index (χ4v) is 2.10. The molecule has 2 rings (SSSR count). The predicted octanol–water partition coefficient (Wildman–Crippen LogP) is 1.75. The first-order valence-corrected chi connectivity index (χ1v) is 6.45. The maximum absolute atomic E-state index is 5.77. The van der Waals surface area contributed by atoms with Crippen LogP contribution in [0.2, 0.25) is 0 Å². The van der Waals surface area contributed by atoms with Crippen molar-refractivity contribution in [3.8, 4) is 0 Å². The zero-order valence-corrected chi connectivity index (χ0v) is 10.9. The van der Waals surface area contributed by atoms with Crippen LogP contribution in [0.4, 0.5) is 5.69 Å². The van der Waals surface area contributed by atoms with E-state index in [-0.39, 0.29) is 0 Å². The van der Waals surface area contributed by atoms with Crippen LogP contribution in [0.5, 0.6) is 0 Å². The molecule has 1 aromatic rings. The molecule has 18 heavy (non-hydrogen) atoms. The summed E-state index contributed by atoms with van der Waals surface area (Å²) in [6.07, 6.45) is 2.13. The lowest BCUT2D eigenvalue weighted by Gasteiger charge is -2.33. The van der Waals surface area contributed by atoms with Crippen LogP contribution in [0.1, 0.15) is 18.4 Å². The Kier molecular flexibility index (Phi) is 4.99. The van der Waals surface area contributed by atoms with Gasteiger partial charge in [0.1, 0.15) is 0 Å². The second kappa shape index (κ2) is 6.73. The van der Waals surface area contributed by atoms with Gasteiger partial charge in [0.05, 0.1) is 19.8 Å². The summed E-state index contributed by atoms with van der Waals surface area (Å²) < 4.78 is 10.4. The summed E-state index contributed by atoms with van der Waals surface area (Å²) in [5.41, 5.74) is 8.11. The molecule has 1 aliphatic rings. The van der Waals surface area contributed by atoms with E-state index in [2.05, 4.69) is 29.6 Å². The van der Waals surface area contributed by atoms with Crippen molar-refractivity contribution in [3.05, 3.63) is 29.8 Å². The van der Waals surface area contributed by atoms with Crippen LogP contribution in [0.25, 0.3) is 0 Å². The van der Waals surface area contributed by atoms with Gasteiger partial charge < -0.3 is 20.5 Å². The monoisotopic (exact) mass is 250 g/mol. The van der Waals surface area contributed by atoms with Crippen LogP contribution < -0.4 is 11.1 Å². The Labute approximate surface area is 108 Å². The molecular formula is C14H22N2O2. The van der Waals surface area contributed by atoms with Gasteiger partial charge in [-0.05, 0) is 30.5 Å². The molecule has 0 bridgehead atoms. The summed E-state index contributed by atoms with van der Waals surface area (Å²) in [5.74, 6) is 0. The van der Waals surface area contributed by atoms with Gasteiger partial charge in [-0.25, -0.2) is 0 Å². The van der Waals surface area contributed by atoms with Crippen molar-refractivity contribution in [1.29, 1.82) is 0 Å². The number of anilines is 1. The van der Waals surface area contributed by atoms with Crippen molar-refractivity contribution < 1.29 is 9.47 Å². The molecule has 3 N–H and O–H groups in total. The second-order valence-electron chi connectivity index (χ2n) is 4.82. The molecule has 0 amide bonds. The first-order chi connectivity index (χ1) is 8.78. The highest BCUT2D eigenvalue weighted by atomic mass is 16.5. The van der Waals surface area contributed by atoms with Crippen LogP contribution in [0.15, 0.2) is 24.3 Å². The van der Waals surface area contributed by atoms with E-state index in [9.17, 15) is 0 Å². The van der Waals surface area contributed by atoms with Crippen LogP contribution in [0, 0.1) is 0 Å². The van der Waals surface area contributed by atoms with Gasteiger partial charge in [-0.15, -0.1) is 0 Å². The van der Waals surface area contributed by atoms with Crippen molar-refractivity contribution in [3.63, 3.8) is 0 Å². The molecule has 1 fully saturated rings. The van der Waals surface area contributed by atoms with E-state index in [0.717, 1.165) is 18.5 Å². The molecule has 100 valence electrons. The molecule has 0 spiro atoms. The summed E-state index contributed by atoms with van der Waals surface area (Å²) in [4.78, 5) is 0. The molecule has 0 atom stereocenters. The SMILES string of the molecule is COCCOCc1cccc(NC2CC(N)C2)c1. The fourth-order valence-electron chi connectivity index (χ4n) is 2.10. The Bertz CT molecular complexity index is 365. The van der Waals surface area contributed by atoms with Crippen LogP contribution in [-0.4, -0.2) is 32.4 Å². The van der Waals surface area contributed by atoms with Gasteiger partial charge in [0.25, 0.3) is 0 Å². The summed E-state index contributed by atoms with van der Waals surface area (Å²) in [6.45, 7) is 1.90. The van der Waals surface area contributed by atoms with Gasteiger partial charge in [-0.2, -0.15) is 0 Å². The average Bonchev–Trinajstić information content (AvgIpc) is 2.33. The minimum Gasteiger partial charge on any atom is -0.382 e. The third-order valence-electron chi connectivity index (χ3n) is 3.17. The molecular weight excluding hydrogens is 228 g/mol. The van der Waals surface area contributed by atoms with Gasteiger partial charge >= 0.3 is 0 Å². The fraction of sp³-hybridized carbons (Fsp3) is 0.571. The van der Waals surface area contributed by atoms with E-state index < -0.39 is 0 Å². The standard InChI is InChI=1S/C14H22N2O2/c1-17-5-6-18-10-11-3-2-4-13(7-11)16-14-8-12(15)9-14/h2-4,7,12,14,16H,5-6,8-10,15H2,1H3. The van der Waals surface area contributed by atoms with Crippen LogP contribution in [0.3, 0.4) is 0 Å². The smallest absolute Gasteiger partial charge is 0.0718 e. The molecule has 0 heterocycles. The lowest BCUT2D eigenvalue weighted by Crippen LogP contribution is -2.44. The van der Waals surface area contributed by atoms with Crippen molar-refractivity contribution in [2.24, 2.45) is 5.73 Å². The number of ether oxygens (including phenoxy) is 2. The largest absolute Gasteiger partial charge is 0.382 e. The Morgan fingerprint density at radius 2 is 2.17 bits per heavy atom. The minimum atomic E-state index is 0.378. The number of rotatable bonds is 7. The Morgan fingerprint density at radius 3 is 2.89 bits per heavy atom. The number of hydrogen-bond acceptors (Lipinski definition) is 4. The maximum Gasteiger partial charge on any atom is 0.0718 e. The third-order valence-corrected chi connectivity index (χ3v) is 3.17. The Hall–Kier alpha value is -1.10. The quantitative estimate of drug-likeness (QED) is 0.724. The number of benzene rings is 1. The summed E-state index contributed by atoms with van der Waals surface area (Å²) >= 11 is 0. The lowest BCUT2D eigenvalue weighted by molar-refractivity contribution is 0.0617. The normalized spacial score (nSPS) is 22.6. The summed E-state index contributed by atoms with van der Waals surface area (Å²) in [7, 11) is 1.68. The van der Waals surface area contributed by atoms with Gasteiger partial charge in [0, 0.05) is 24.9 Å². The Morgan fingerprint density at radius 1 is 1.33 bits per heavy atom. The van der Waals surface area contributed by atoms with Gasteiger partial charge in [-0.3, -0.25) is 0 Å². The highest BCUT2D eigenvalue weighted by Crippen LogP contribution is 2.23. The van der Waals surface area contributed by atoms with Gasteiger partial charge in [-0.1, -0.05) is 12.1 Å². The third kappa shape index (κ3) is 3.98. The summed E-state index contributed by atoms with van der Waals surface area (Å²) in [5, 5.41) is 3.49. The second-order valence-corrected chi connectivity index (χ2v) is 4.82. The first-order valence-electron chi connectivity index (χ1n) is 6.45. The zero-order valence-electron chi connectivity index (χ0n) is 10.9. The van der Waals surface area contributed by atoms with Crippen molar-refractivity contribution in [2.45, 2.75) is 31.5 Å². The predicted molar refractivity (Wildman–Crippen MR) is 72.6 cm³/mol. The molecule has 0 radical (unpaired) electrons. The van der Waals surface area contributed by atoms with E-state index in [4.69, 9.17) is 15.2 Å². The summed E-state index contributed by atoms with van der Waals surface area (Å²) in [6, 6.07) is 9.26. The molecule has 1 aromatic carbocycles. The highest BCUT2D eigenvalue weighted by molar-refractivity contribution is 5.47. The molecule has 1 saturated carbocycles. The molecule has 4 heteroatoms. The average molecular weight is 250 g/mol.